The minimum Gasteiger partial charge on any atom is -0.491 e. The lowest BCUT2D eigenvalue weighted by molar-refractivity contribution is -0.132. The lowest BCUT2D eigenvalue weighted by Gasteiger charge is -2.24. The molecule has 14 heteroatoms. The van der Waals surface area contributed by atoms with Crippen LogP contribution in [0.2, 0.25) is 0 Å². The number of halogens is 1. The molecule has 0 spiro atoms. The smallest absolute Gasteiger partial charge is 0.274 e. The van der Waals surface area contributed by atoms with Crippen LogP contribution >= 0.6 is 0 Å². The normalized spacial score (nSPS) is 13.4. The Morgan fingerprint density at radius 1 is 1.08 bits per heavy atom. The van der Waals surface area contributed by atoms with Crippen LogP contribution in [0.4, 0.5) is 4.39 Å². The lowest BCUT2D eigenvalue weighted by Crippen LogP contribution is -2.58. The van der Waals surface area contributed by atoms with Gasteiger partial charge >= 0.3 is 0 Å². The average Bonchev–Trinajstić information content (AvgIpc) is 3.45. The van der Waals surface area contributed by atoms with E-state index in [0.717, 1.165) is 0 Å². The molecular weight excluding hydrogens is 623 g/mol. The Morgan fingerprint density at radius 2 is 1.81 bits per heavy atom. The number of rotatable bonds is 13. The zero-order chi connectivity index (χ0) is 35.6. The van der Waals surface area contributed by atoms with Crippen LogP contribution in [0, 0.1) is 31.0 Å². The topological polar surface area (TPSA) is 196 Å². The summed E-state index contributed by atoms with van der Waals surface area (Å²) in [5.74, 6) is -2.94. The molecule has 0 unspecified atom stereocenters. The van der Waals surface area contributed by atoms with Gasteiger partial charge in [-0.15, -0.1) is 0 Å². The van der Waals surface area contributed by atoms with Crippen LogP contribution in [0.15, 0.2) is 58.6 Å². The van der Waals surface area contributed by atoms with E-state index in [0.29, 0.717) is 16.9 Å². The summed E-state index contributed by atoms with van der Waals surface area (Å²) in [4.78, 5) is 51.8. The van der Waals surface area contributed by atoms with Gasteiger partial charge in [0.15, 0.2) is 5.69 Å². The van der Waals surface area contributed by atoms with Gasteiger partial charge in [-0.05, 0) is 76.9 Å². The van der Waals surface area contributed by atoms with Crippen molar-refractivity contribution in [2.75, 3.05) is 6.61 Å². The summed E-state index contributed by atoms with van der Waals surface area (Å²) >= 11 is 0. The molecule has 0 fully saturated rings. The summed E-state index contributed by atoms with van der Waals surface area (Å²) in [5.41, 5.74) is 0.540. The highest BCUT2D eigenvalue weighted by atomic mass is 19.1. The third kappa shape index (κ3) is 11.1. The molecule has 0 saturated carbocycles. The number of hydrogen-bond donors (Lipinski definition) is 5. The van der Waals surface area contributed by atoms with Gasteiger partial charge < -0.3 is 35.6 Å². The predicted octanol–water partition coefficient (Wildman–Crippen LogP) is 2.61. The van der Waals surface area contributed by atoms with E-state index in [2.05, 4.69) is 26.4 Å². The number of carbonyl (C=O) groups is 4. The molecule has 4 amide bonds. The third-order valence-electron chi connectivity index (χ3n) is 6.65. The highest BCUT2D eigenvalue weighted by Crippen LogP contribution is 2.17. The van der Waals surface area contributed by atoms with Gasteiger partial charge in [-0.3, -0.25) is 19.2 Å². The van der Waals surface area contributed by atoms with Crippen molar-refractivity contribution in [1.29, 1.82) is 5.26 Å². The number of amides is 4. The molecule has 0 bridgehead atoms. The fourth-order valence-electron chi connectivity index (χ4n) is 4.24. The monoisotopic (exact) mass is 662 g/mol. The van der Waals surface area contributed by atoms with Crippen LogP contribution in [-0.2, 0) is 20.9 Å². The fraction of sp³-hybridized carbons (Fsp3) is 0.353. The van der Waals surface area contributed by atoms with Crippen molar-refractivity contribution in [2.45, 2.75) is 71.8 Å². The molecule has 3 aromatic rings. The number of nitrogens with zero attached hydrogens (tertiary/aromatic N) is 2. The van der Waals surface area contributed by atoms with Crippen molar-refractivity contribution >= 4 is 29.7 Å². The maximum absolute atomic E-state index is 14.4. The van der Waals surface area contributed by atoms with E-state index in [1.165, 1.54) is 37.3 Å². The Labute approximate surface area is 277 Å². The Bertz CT molecular complexity index is 1720. The van der Waals surface area contributed by atoms with Crippen LogP contribution in [0.25, 0.3) is 6.08 Å². The van der Waals surface area contributed by atoms with E-state index in [-0.39, 0.29) is 29.1 Å². The number of hydrogen-bond acceptors (Lipinski definition) is 9. The lowest BCUT2D eigenvalue weighted by atomic mass is 10.1. The molecule has 13 nitrogen and oxygen atoms in total. The van der Waals surface area contributed by atoms with Crippen LogP contribution in [0.1, 0.15) is 60.6 Å². The Morgan fingerprint density at radius 3 is 2.42 bits per heavy atom. The maximum atomic E-state index is 14.4. The van der Waals surface area contributed by atoms with Crippen molar-refractivity contribution in [3.63, 3.8) is 0 Å². The van der Waals surface area contributed by atoms with Crippen LogP contribution < -0.4 is 26.0 Å². The Kier molecular flexibility index (Phi) is 12.6. The average molecular weight is 663 g/mol. The van der Waals surface area contributed by atoms with Gasteiger partial charge in [-0.1, -0.05) is 29.4 Å². The molecule has 254 valence electrons. The van der Waals surface area contributed by atoms with Crippen LogP contribution in [0.3, 0.4) is 0 Å². The third-order valence-corrected chi connectivity index (χ3v) is 6.65. The van der Waals surface area contributed by atoms with E-state index < -0.39 is 59.8 Å². The first kappa shape index (κ1) is 36.9. The van der Waals surface area contributed by atoms with Gasteiger partial charge in [0, 0.05) is 23.7 Å². The zero-order valence-corrected chi connectivity index (χ0v) is 27.5. The number of aromatic nitrogens is 1. The standard InChI is InChI=1S/C34H39FN6O7/c1-19-10-11-23(26(35)12-19)17-37-31(44)28(38-33(46)29(21(3)42)39-32(45)27-13-20(2)48-41-27)18-47-25-9-7-8-22(15-25)14-24(16-36)30(43)40-34(4,5)6/h7-15,21,28-29,42H,17-18H2,1-6H3,(H,37,44)(H,38,46)(H,39,45)(H,40,43)/b24-14+/t21-,28+,29+/m1/s1. The SMILES string of the molecule is Cc1ccc(CNC(=O)[C@H](COc2cccc(/C=C(\C#N)C(=O)NC(C)(C)C)c2)NC(=O)[C@@H](NC(=O)c2cc(C)on2)[C@@H](C)O)c(F)c1. The van der Waals surface area contributed by atoms with Crippen LogP contribution in [0.5, 0.6) is 5.75 Å². The largest absolute Gasteiger partial charge is 0.491 e. The highest BCUT2D eigenvalue weighted by molar-refractivity contribution is 6.02. The molecule has 1 heterocycles. The van der Waals surface area contributed by atoms with Crippen molar-refractivity contribution in [3.05, 3.63) is 88.1 Å². The first-order chi connectivity index (χ1) is 22.6. The van der Waals surface area contributed by atoms with Gasteiger partial charge in [0.2, 0.25) is 11.8 Å². The van der Waals surface area contributed by atoms with E-state index in [1.54, 1.807) is 58.9 Å². The number of carbonyl (C=O) groups excluding carboxylic acids is 4. The molecule has 0 radical (unpaired) electrons. The molecule has 0 aliphatic rings. The van der Waals surface area contributed by atoms with Crippen molar-refractivity contribution < 1.29 is 37.9 Å². The number of benzene rings is 2. The predicted molar refractivity (Wildman–Crippen MR) is 173 cm³/mol. The number of nitrogens with one attached hydrogen (secondary N) is 4. The zero-order valence-electron chi connectivity index (χ0n) is 27.5. The summed E-state index contributed by atoms with van der Waals surface area (Å²) in [6.07, 6.45) is -0.0102. The molecule has 2 aromatic carbocycles. The van der Waals surface area contributed by atoms with Crippen molar-refractivity contribution in [2.24, 2.45) is 0 Å². The molecule has 0 aliphatic carbocycles. The molecular formula is C34H39FN6O7. The fourth-order valence-corrected chi connectivity index (χ4v) is 4.24. The Balaban J connectivity index is 1.81. The van der Waals surface area contributed by atoms with Gasteiger partial charge in [-0.2, -0.15) is 5.26 Å². The van der Waals surface area contributed by atoms with E-state index in [1.807, 2.05) is 6.07 Å². The molecule has 3 atom stereocenters. The second-order valence-electron chi connectivity index (χ2n) is 12.1. The summed E-state index contributed by atoms with van der Waals surface area (Å²) in [6, 6.07) is 11.2. The van der Waals surface area contributed by atoms with E-state index in [9.17, 15) is 33.9 Å². The first-order valence-electron chi connectivity index (χ1n) is 15.0. The molecule has 5 N–H and O–H groups in total. The molecule has 0 aliphatic heterocycles. The molecule has 0 saturated heterocycles. The second kappa shape index (κ2) is 16.3. The van der Waals surface area contributed by atoms with E-state index >= 15 is 0 Å². The maximum Gasteiger partial charge on any atom is 0.274 e. The van der Waals surface area contributed by atoms with Gasteiger partial charge in [0.1, 0.15) is 47.7 Å². The van der Waals surface area contributed by atoms with Crippen molar-refractivity contribution in [3.8, 4) is 11.8 Å². The first-order valence-corrected chi connectivity index (χ1v) is 15.0. The van der Waals surface area contributed by atoms with E-state index in [4.69, 9.17) is 9.26 Å². The summed E-state index contributed by atoms with van der Waals surface area (Å²) in [6.45, 7) is 9.30. The quantitative estimate of drug-likeness (QED) is 0.135. The summed E-state index contributed by atoms with van der Waals surface area (Å²) < 4.78 is 25.2. The number of aliphatic hydroxyl groups excluding tert-OH is 1. The minimum absolute atomic E-state index is 0.118. The van der Waals surface area contributed by atoms with Gasteiger partial charge in [0.25, 0.3) is 11.8 Å². The number of aliphatic hydroxyl groups is 1. The summed E-state index contributed by atoms with van der Waals surface area (Å²) in [5, 5.41) is 33.6. The molecule has 1 aromatic heterocycles. The highest BCUT2D eigenvalue weighted by Gasteiger charge is 2.31. The van der Waals surface area contributed by atoms with Crippen molar-refractivity contribution in [1.82, 2.24) is 26.4 Å². The number of aryl methyl sites for hydroxylation is 2. The number of ether oxygens (including phenoxy) is 1. The molecule has 3 rings (SSSR count). The summed E-state index contributed by atoms with van der Waals surface area (Å²) in [7, 11) is 0. The van der Waals surface area contributed by atoms with Gasteiger partial charge in [-0.25, -0.2) is 4.39 Å². The Hall–Kier alpha value is -5.55. The van der Waals surface area contributed by atoms with Crippen LogP contribution in [-0.4, -0.2) is 64.2 Å². The number of nitriles is 1. The molecule has 48 heavy (non-hydrogen) atoms. The minimum atomic E-state index is -1.50. The second-order valence-corrected chi connectivity index (χ2v) is 12.1. The van der Waals surface area contributed by atoms with Gasteiger partial charge in [0.05, 0.1) is 6.10 Å².